The minimum absolute atomic E-state index is 0.0827. The standard InChI is InChI=1S/C16H22N2O2/c1-11(2)17-9-12(3)10-20-14-5-6-15-13(8-14)4-7-16(19)18-15/h5-6,8,11,17H,3-4,7,9-10H2,1-2H3,(H,18,19). The van der Waals surface area contributed by atoms with Crippen LogP contribution >= 0.6 is 0 Å². The van der Waals surface area contributed by atoms with Gasteiger partial charge in [-0.05, 0) is 35.8 Å². The second-order valence-electron chi connectivity index (χ2n) is 5.44. The first-order valence-corrected chi connectivity index (χ1v) is 7.00. The van der Waals surface area contributed by atoms with E-state index in [0.29, 0.717) is 19.1 Å². The number of ether oxygens (including phenoxy) is 1. The highest BCUT2D eigenvalue weighted by molar-refractivity contribution is 5.93. The molecule has 20 heavy (non-hydrogen) atoms. The van der Waals surface area contributed by atoms with Crippen LogP contribution in [0.1, 0.15) is 25.8 Å². The molecular weight excluding hydrogens is 252 g/mol. The summed E-state index contributed by atoms with van der Waals surface area (Å²) in [7, 11) is 0. The van der Waals surface area contributed by atoms with Crippen molar-refractivity contribution in [2.24, 2.45) is 0 Å². The molecule has 1 heterocycles. The molecule has 4 nitrogen and oxygen atoms in total. The molecule has 0 atom stereocenters. The Labute approximate surface area is 120 Å². The van der Waals surface area contributed by atoms with Crippen LogP contribution in [0.25, 0.3) is 0 Å². The minimum Gasteiger partial charge on any atom is -0.489 e. The van der Waals surface area contributed by atoms with Gasteiger partial charge in [0.25, 0.3) is 0 Å². The quantitative estimate of drug-likeness (QED) is 0.784. The lowest BCUT2D eigenvalue weighted by Crippen LogP contribution is -2.26. The van der Waals surface area contributed by atoms with Gasteiger partial charge in [0.2, 0.25) is 5.91 Å². The number of aryl methyl sites for hydroxylation is 1. The summed E-state index contributed by atoms with van der Waals surface area (Å²) in [6.45, 7) is 9.47. The average molecular weight is 274 g/mol. The molecule has 0 aliphatic carbocycles. The number of hydrogen-bond acceptors (Lipinski definition) is 3. The number of anilines is 1. The van der Waals surface area contributed by atoms with Crippen LogP contribution in [0.2, 0.25) is 0 Å². The molecule has 0 radical (unpaired) electrons. The highest BCUT2D eigenvalue weighted by Crippen LogP contribution is 2.26. The van der Waals surface area contributed by atoms with Gasteiger partial charge in [-0.25, -0.2) is 0 Å². The normalized spacial score (nSPS) is 13.8. The number of carbonyl (C=O) groups excluding carboxylic acids is 1. The van der Waals surface area contributed by atoms with Crippen LogP contribution in [0.5, 0.6) is 5.75 Å². The smallest absolute Gasteiger partial charge is 0.224 e. The number of amides is 1. The lowest BCUT2D eigenvalue weighted by Gasteiger charge is -2.18. The maximum Gasteiger partial charge on any atom is 0.224 e. The largest absolute Gasteiger partial charge is 0.489 e. The summed E-state index contributed by atoms with van der Waals surface area (Å²) in [6.07, 6.45) is 1.32. The summed E-state index contributed by atoms with van der Waals surface area (Å²) in [5, 5.41) is 6.17. The summed E-state index contributed by atoms with van der Waals surface area (Å²) in [5.74, 6) is 0.907. The molecule has 2 rings (SSSR count). The van der Waals surface area contributed by atoms with E-state index < -0.39 is 0 Å². The number of rotatable bonds is 6. The predicted molar refractivity (Wildman–Crippen MR) is 81.2 cm³/mol. The Balaban J connectivity index is 1.88. The summed E-state index contributed by atoms with van der Waals surface area (Å²) in [5.41, 5.74) is 3.05. The van der Waals surface area contributed by atoms with Crippen LogP contribution in [-0.4, -0.2) is 25.1 Å². The van der Waals surface area contributed by atoms with Crippen molar-refractivity contribution in [3.8, 4) is 5.75 Å². The number of benzene rings is 1. The van der Waals surface area contributed by atoms with Gasteiger partial charge in [-0.15, -0.1) is 0 Å². The average Bonchev–Trinajstić information content (AvgIpc) is 2.42. The topological polar surface area (TPSA) is 50.4 Å². The SMILES string of the molecule is C=C(CNC(C)C)COc1ccc2c(c1)CCC(=O)N2. The van der Waals surface area contributed by atoms with E-state index in [9.17, 15) is 4.79 Å². The van der Waals surface area contributed by atoms with Gasteiger partial charge < -0.3 is 15.4 Å². The highest BCUT2D eigenvalue weighted by atomic mass is 16.5. The first-order valence-electron chi connectivity index (χ1n) is 7.00. The maximum atomic E-state index is 11.3. The van der Waals surface area contributed by atoms with Crippen molar-refractivity contribution >= 4 is 11.6 Å². The van der Waals surface area contributed by atoms with E-state index in [1.165, 1.54) is 0 Å². The summed E-state index contributed by atoms with van der Waals surface area (Å²) >= 11 is 0. The van der Waals surface area contributed by atoms with Crippen molar-refractivity contribution in [2.75, 3.05) is 18.5 Å². The molecule has 0 saturated carbocycles. The monoisotopic (exact) mass is 274 g/mol. The van der Waals surface area contributed by atoms with E-state index in [4.69, 9.17) is 4.74 Å². The molecule has 1 aliphatic rings. The van der Waals surface area contributed by atoms with Crippen molar-refractivity contribution in [1.29, 1.82) is 0 Å². The zero-order valence-corrected chi connectivity index (χ0v) is 12.2. The lowest BCUT2D eigenvalue weighted by atomic mass is 10.0. The Morgan fingerprint density at radius 1 is 1.45 bits per heavy atom. The summed E-state index contributed by atoms with van der Waals surface area (Å²) in [6, 6.07) is 6.22. The molecule has 4 heteroatoms. The third-order valence-electron chi connectivity index (χ3n) is 3.18. The van der Waals surface area contributed by atoms with Gasteiger partial charge in [-0.1, -0.05) is 20.4 Å². The molecule has 0 unspecified atom stereocenters. The van der Waals surface area contributed by atoms with E-state index in [1.54, 1.807) is 0 Å². The molecule has 0 spiro atoms. The fourth-order valence-electron chi connectivity index (χ4n) is 2.03. The molecule has 1 aliphatic heterocycles. The van der Waals surface area contributed by atoms with Crippen molar-refractivity contribution in [3.05, 3.63) is 35.9 Å². The van der Waals surface area contributed by atoms with Gasteiger partial charge in [0, 0.05) is 24.7 Å². The first-order chi connectivity index (χ1) is 9.54. The second-order valence-corrected chi connectivity index (χ2v) is 5.44. The predicted octanol–water partition coefficient (Wildman–Crippen LogP) is 2.50. The molecule has 108 valence electrons. The minimum atomic E-state index is 0.0827. The van der Waals surface area contributed by atoms with Gasteiger partial charge in [-0.3, -0.25) is 4.79 Å². The molecule has 2 N–H and O–H groups in total. The fourth-order valence-corrected chi connectivity index (χ4v) is 2.03. The molecule has 1 amide bonds. The molecular formula is C16H22N2O2. The van der Waals surface area contributed by atoms with Gasteiger partial charge in [0.05, 0.1) is 0 Å². The first kappa shape index (κ1) is 14.6. The second kappa shape index (κ2) is 6.57. The maximum absolute atomic E-state index is 11.3. The number of carbonyl (C=O) groups is 1. The molecule has 0 fully saturated rings. The molecule has 0 saturated heterocycles. The van der Waals surface area contributed by atoms with Crippen LogP contribution in [0.4, 0.5) is 5.69 Å². The van der Waals surface area contributed by atoms with Crippen LogP contribution in [-0.2, 0) is 11.2 Å². The van der Waals surface area contributed by atoms with Crippen LogP contribution in [0, 0.1) is 0 Å². The molecule has 1 aromatic rings. The molecule has 1 aromatic carbocycles. The fraction of sp³-hybridized carbons (Fsp3) is 0.438. The Morgan fingerprint density at radius 2 is 2.25 bits per heavy atom. The Hall–Kier alpha value is -1.81. The number of fused-ring (bicyclic) bond motifs is 1. The molecule has 0 bridgehead atoms. The van der Waals surface area contributed by atoms with E-state index >= 15 is 0 Å². The van der Waals surface area contributed by atoms with Crippen molar-refractivity contribution < 1.29 is 9.53 Å². The van der Waals surface area contributed by atoms with E-state index in [-0.39, 0.29) is 5.91 Å². The third-order valence-corrected chi connectivity index (χ3v) is 3.18. The number of nitrogens with one attached hydrogen (secondary N) is 2. The van der Waals surface area contributed by atoms with Crippen molar-refractivity contribution in [1.82, 2.24) is 5.32 Å². The van der Waals surface area contributed by atoms with Gasteiger partial charge in [0.15, 0.2) is 0 Å². The van der Waals surface area contributed by atoms with Gasteiger partial charge >= 0.3 is 0 Å². The van der Waals surface area contributed by atoms with Gasteiger partial charge in [-0.2, -0.15) is 0 Å². The lowest BCUT2D eigenvalue weighted by molar-refractivity contribution is -0.116. The Kier molecular flexibility index (Phi) is 4.79. The van der Waals surface area contributed by atoms with Crippen LogP contribution in [0.3, 0.4) is 0 Å². The van der Waals surface area contributed by atoms with E-state index in [2.05, 4.69) is 31.1 Å². The summed E-state index contributed by atoms with van der Waals surface area (Å²) in [4.78, 5) is 11.3. The molecule has 0 aromatic heterocycles. The zero-order valence-electron chi connectivity index (χ0n) is 12.2. The van der Waals surface area contributed by atoms with Gasteiger partial charge in [0.1, 0.15) is 12.4 Å². The zero-order chi connectivity index (χ0) is 14.5. The summed E-state index contributed by atoms with van der Waals surface area (Å²) < 4.78 is 5.74. The van der Waals surface area contributed by atoms with Crippen molar-refractivity contribution in [2.45, 2.75) is 32.7 Å². The third kappa shape index (κ3) is 4.10. The van der Waals surface area contributed by atoms with Crippen molar-refractivity contribution in [3.63, 3.8) is 0 Å². The highest BCUT2D eigenvalue weighted by Gasteiger charge is 2.14. The number of hydrogen-bond donors (Lipinski definition) is 2. The Bertz CT molecular complexity index is 509. The van der Waals surface area contributed by atoms with Crippen LogP contribution in [0.15, 0.2) is 30.4 Å². The van der Waals surface area contributed by atoms with E-state index in [1.807, 2.05) is 18.2 Å². The van der Waals surface area contributed by atoms with E-state index in [0.717, 1.165) is 35.5 Å². The Morgan fingerprint density at radius 3 is 3.00 bits per heavy atom. The van der Waals surface area contributed by atoms with Crippen LogP contribution < -0.4 is 15.4 Å².